The summed E-state index contributed by atoms with van der Waals surface area (Å²) in [6.07, 6.45) is -1.30. The third kappa shape index (κ3) is 4.60. The highest BCUT2D eigenvalue weighted by Crippen LogP contribution is 2.48. The van der Waals surface area contributed by atoms with Gasteiger partial charge in [-0.2, -0.15) is 18.3 Å². The highest BCUT2D eigenvalue weighted by Gasteiger charge is 2.46. The molecule has 8 nitrogen and oxygen atoms in total. The first-order valence-corrected chi connectivity index (χ1v) is 11.7. The number of hydrogen-bond acceptors (Lipinski definition) is 6. The molecule has 0 saturated carbocycles. The number of carbonyl (C=O) groups is 1. The number of fused-ring (bicyclic) bond motifs is 3. The van der Waals surface area contributed by atoms with Crippen LogP contribution < -0.4 is 5.32 Å². The lowest BCUT2D eigenvalue weighted by atomic mass is 9.86. The molecule has 1 aliphatic carbocycles. The van der Waals surface area contributed by atoms with Crippen LogP contribution in [0.2, 0.25) is 0 Å². The number of nitrogens with one attached hydrogen (secondary N) is 1. The van der Waals surface area contributed by atoms with Gasteiger partial charge >= 0.3 is 6.18 Å². The van der Waals surface area contributed by atoms with Crippen molar-refractivity contribution in [3.8, 4) is 11.3 Å². The molecule has 0 spiro atoms. The SMILES string of the molecule is C[C@@H]1Cc2oc(C(=O)NC[C@@H]3COCCO3)c(C(F)(F)F)c2-c2nn(CC3CCOCC3)cc21. The first-order valence-electron chi connectivity index (χ1n) is 11.7. The van der Waals surface area contributed by atoms with E-state index in [9.17, 15) is 18.0 Å². The number of hydrogen-bond donors (Lipinski definition) is 1. The normalized spacial score (nSPS) is 23.4. The van der Waals surface area contributed by atoms with E-state index >= 15 is 0 Å². The number of alkyl halides is 3. The number of nitrogens with zero attached hydrogens (tertiary/aromatic N) is 2. The third-order valence-electron chi connectivity index (χ3n) is 6.68. The summed E-state index contributed by atoms with van der Waals surface area (Å²) in [7, 11) is 0. The summed E-state index contributed by atoms with van der Waals surface area (Å²) in [5.74, 6) is -1.23. The molecule has 0 unspecified atom stereocenters. The average Bonchev–Trinajstić information content (AvgIpc) is 3.41. The Bertz CT molecular complexity index is 1040. The lowest BCUT2D eigenvalue weighted by molar-refractivity contribution is -0.137. The zero-order valence-corrected chi connectivity index (χ0v) is 19.0. The summed E-state index contributed by atoms with van der Waals surface area (Å²) in [5.41, 5.74) is -0.190. The van der Waals surface area contributed by atoms with Crippen molar-refractivity contribution < 1.29 is 36.6 Å². The molecular formula is C23H28F3N3O5. The lowest BCUT2D eigenvalue weighted by Gasteiger charge is -2.23. The Kier molecular flexibility index (Phi) is 6.43. The number of aromatic nitrogens is 2. The molecule has 1 N–H and O–H groups in total. The second kappa shape index (κ2) is 9.35. The molecule has 11 heteroatoms. The number of carbonyl (C=O) groups excluding carboxylic acids is 1. The van der Waals surface area contributed by atoms with Crippen LogP contribution in [0.3, 0.4) is 0 Å². The number of halogens is 3. The summed E-state index contributed by atoms with van der Waals surface area (Å²) < 4.78 is 66.2. The molecule has 1 amide bonds. The highest BCUT2D eigenvalue weighted by molar-refractivity contribution is 5.96. The Balaban J connectivity index is 1.45. The third-order valence-corrected chi connectivity index (χ3v) is 6.68. The Morgan fingerprint density at radius 1 is 1.21 bits per heavy atom. The van der Waals surface area contributed by atoms with Gasteiger partial charge in [-0.25, -0.2) is 0 Å². The van der Waals surface area contributed by atoms with Crippen molar-refractivity contribution in [2.45, 2.75) is 50.9 Å². The molecule has 4 heterocycles. The molecule has 2 aliphatic heterocycles. The van der Waals surface area contributed by atoms with E-state index in [2.05, 4.69) is 10.4 Å². The van der Waals surface area contributed by atoms with Gasteiger partial charge in [0.2, 0.25) is 5.76 Å². The summed E-state index contributed by atoms with van der Waals surface area (Å²) in [5, 5.41) is 7.06. The predicted molar refractivity (Wildman–Crippen MR) is 113 cm³/mol. The van der Waals surface area contributed by atoms with E-state index in [1.165, 1.54) is 0 Å². The van der Waals surface area contributed by atoms with E-state index in [1.807, 2.05) is 13.1 Å². The van der Waals surface area contributed by atoms with Gasteiger partial charge in [0, 0.05) is 44.5 Å². The standard InChI is InChI=1S/C23H28F3N3O5/c1-13-8-17-18(20-16(13)11-29(28-20)10-14-2-4-31-5-3-14)19(23(24,25)26)21(34-17)22(30)27-9-15-12-32-6-7-33-15/h11,13-15H,2-10,12H2,1H3,(H,27,30)/t13-,15-/m1/s1. The van der Waals surface area contributed by atoms with Gasteiger partial charge in [-0.1, -0.05) is 6.92 Å². The Hall–Kier alpha value is -2.37. The zero-order valence-electron chi connectivity index (χ0n) is 19.0. The van der Waals surface area contributed by atoms with E-state index in [0.29, 0.717) is 38.9 Å². The Morgan fingerprint density at radius 3 is 2.71 bits per heavy atom. The van der Waals surface area contributed by atoms with Crippen LogP contribution in [0.15, 0.2) is 10.6 Å². The predicted octanol–water partition coefficient (Wildman–Crippen LogP) is 3.39. The van der Waals surface area contributed by atoms with Crippen LogP contribution >= 0.6 is 0 Å². The minimum Gasteiger partial charge on any atom is -0.455 e. The minimum atomic E-state index is -4.78. The van der Waals surface area contributed by atoms with Crippen LogP contribution in [0, 0.1) is 5.92 Å². The first kappa shape index (κ1) is 23.4. The smallest absolute Gasteiger partial charge is 0.420 e. The van der Waals surface area contributed by atoms with Gasteiger partial charge in [0.15, 0.2) is 0 Å². The van der Waals surface area contributed by atoms with Crippen molar-refractivity contribution in [1.29, 1.82) is 0 Å². The van der Waals surface area contributed by atoms with Crippen molar-refractivity contribution in [2.24, 2.45) is 5.92 Å². The van der Waals surface area contributed by atoms with Crippen molar-refractivity contribution >= 4 is 5.91 Å². The average molecular weight is 483 g/mol. The van der Waals surface area contributed by atoms with Gasteiger partial charge in [-0.3, -0.25) is 9.48 Å². The second-order valence-electron chi connectivity index (χ2n) is 9.20. The largest absolute Gasteiger partial charge is 0.455 e. The second-order valence-corrected chi connectivity index (χ2v) is 9.20. The quantitative estimate of drug-likeness (QED) is 0.702. The highest BCUT2D eigenvalue weighted by atomic mass is 19.4. The van der Waals surface area contributed by atoms with E-state index in [0.717, 1.165) is 18.4 Å². The van der Waals surface area contributed by atoms with Gasteiger partial charge in [0.05, 0.1) is 37.2 Å². The van der Waals surface area contributed by atoms with Crippen molar-refractivity contribution in [3.05, 3.63) is 28.8 Å². The monoisotopic (exact) mass is 483 g/mol. The van der Waals surface area contributed by atoms with Crippen LogP contribution in [0.25, 0.3) is 11.3 Å². The Morgan fingerprint density at radius 2 is 2.00 bits per heavy atom. The molecular weight excluding hydrogens is 455 g/mol. The molecule has 2 fully saturated rings. The van der Waals surface area contributed by atoms with Crippen molar-refractivity contribution in [1.82, 2.24) is 15.1 Å². The molecule has 186 valence electrons. The van der Waals surface area contributed by atoms with Crippen LogP contribution in [-0.4, -0.2) is 61.4 Å². The molecule has 2 aromatic rings. The molecule has 2 aromatic heterocycles. The fourth-order valence-electron chi connectivity index (χ4n) is 4.91. The van der Waals surface area contributed by atoms with E-state index in [-0.39, 0.29) is 42.5 Å². The number of ether oxygens (including phenoxy) is 3. The molecule has 2 saturated heterocycles. The topological polar surface area (TPSA) is 87.8 Å². The minimum absolute atomic E-state index is 0.0306. The van der Waals surface area contributed by atoms with Gasteiger partial charge in [-0.15, -0.1) is 0 Å². The van der Waals surface area contributed by atoms with Crippen LogP contribution in [0.4, 0.5) is 13.2 Å². The zero-order chi connectivity index (χ0) is 23.9. The molecule has 5 rings (SSSR count). The summed E-state index contributed by atoms with van der Waals surface area (Å²) in [6.45, 7) is 5.04. The molecule has 2 atom stereocenters. The van der Waals surface area contributed by atoms with E-state index in [1.54, 1.807) is 4.68 Å². The molecule has 0 aromatic carbocycles. The van der Waals surface area contributed by atoms with E-state index in [4.69, 9.17) is 18.6 Å². The maximum atomic E-state index is 14.3. The Labute approximate surface area is 194 Å². The van der Waals surface area contributed by atoms with Gasteiger partial charge in [-0.05, 0) is 24.7 Å². The molecule has 3 aliphatic rings. The van der Waals surface area contributed by atoms with Crippen molar-refractivity contribution in [2.75, 3.05) is 39.6 Å². The maximum Gasteiger partial charge on any atom is 0.420 e. The van der Waals surface area contributed by atoms with Crippen molar-refractivity contribution in [3.63, 3.8) is 0 Å². The van der Waals surface area contributed by atoms with E-state index < -0.39 is 29.5 Å². The summed E-state index contributed by atoms with van der Waals surface area (Å²) in [4.78, 5) is 12.8. The number of rotatable bonds is 5. The van der Waals surface area contributed by atoms with Gasteiger partial charge < -0.3 is 23.9 Å². The fraction of sp³-hybridized carbons (Fsp3) is 0.652. The summed E-state index contributed by atoms with van der Waals surface area (Å²) in [6, 6.07) is 0. The lowest BCUT2D eigenvalue weighted by Crippen LogP contribution is -2.40. The number of amides is 1. The van der Waals surface area contributed by atoms with Crippen LogP contribution in [0.5, 0.6) is 0 Å². The van der Waals surface area contributed by atoms with Gasteiger partial charge in [0.1, 0.15) is 11.3 Å². The molecule has 0 bridgehead atoms. The van der Waals surface area contributed by atoms with Gasteiger partial charge in [0.25, 0.3) is 5.91 Å². The summed E-state index contributed by atoms with van der Waals surface area (Å²) >= 11 is 0. The molecule has 34 heavy (non-hydrogen) atoms. The first-order chi connectivity index (χ1) is 16.3. The van der Waals surface area contributed by atoms with Crippen LogP contribution in [0.1, 0.15) is 53.1 Å². The maximum absolute atomic E-state index is 14.3. The number of furan rings is 1. The van der Waals surface area contributed by atoms with Crippen LogP contribution in [-0.2, 0) is 33.4 Å². The molecule has 0 radical (unpaired) electrons. The fourth-order valence-corrected chi connectivity index (χ4v) is 4.91.